The molecule has 0 fully saturated rings. The Morgan fingerprint density at radius 3 is 2.43 bits per heavy atom. The molecule has 1 rings (SSSR count). The Morgan fingerprint density at radius 2 is 2.07 bits per heavy atom. The molecule has 0 radical (unpaired) electrons. The summed E-state index contributed by atoms with van der Waals surface area (Å²) < 4.78 is 0. The SMILES string of the molecule is CC(C)(C)CNc1ccn[nH]1.O=C=O. The van der Waals surface area contributed by atoms with E-state index in [4.69, 9.17) is 9.59 Å². The van der Waals surface area contributed by atoms with Gasteiger partial charge in [-0.15, -0.1) is 0 Å². The number of hydrogen-bond donors (Lipinski definition) is 2. The Hall–Kier alpha value is -1.61. The molecular weight excluding hydrogens is 182 g/mol. The first-order chi connectivity index (χ1) is 6.49. The van der Waals surface area contributed by atoms with Crippen molar-refractivity contribution < 1.29 is 9.59 Å². The van der Waals surface area contributed by atoms with Gasteiger partial charge in [0.1, 0.15) is 5.82 Å². The van der Waals surface area contributed by atoms with Crippen LogP contribution in [0, 0.1) is 5.41 Å². The van der Waals surface area contributed by atoms with Crippen molar-refractivity contribution in [1.29, 1.82) is 0 Å². The van der Waals surface area contributed by atoms with E-state index >= 15 is 0 Å². The van der Waals surface area contributed by atoms with Crippen LogP contribution in [0.1, 0.15) is 20.8 Å². The molecule has 14 heavy (non-hydrogen) atoms. The van der Waals surface area contributed by atoms with E-state index in [2.05, 4.69) is 36.3 Å². The van der Waals surface area contributed by atoms with Crippen LogP contribution < -0.4 is 5.32 Å². The van der Waals surface area contributed by atoms with Crippen molar-refractivity contribution in [3.05, 3.63) is 12.3 Å². The van der Waals surface area contributed by atoms with Gasteiger partial charge >= 0.3 is 6.15 Å². The smallest absolute Gasteiger partial charge is 0.370 e. The van der Waals surface area contributed by atoms with Gasteiger partial charge in [-0.2, -0.15) is 14.7 Å². The molecule has 0 amide bonds. The highest BCUT2D eigenvalue weighted by atomic mass is 16.2. The third-order valence-electron chi connectivity index (χ3n) is 1.31. The Morgan fingerprint density at radius 1 is 1.50 bits per heavy atom. The molecule has 0 saturated carbocycles. The van der Waals surface area contributed by atoms with Crippen LogP contribution >= 0.6 is 0 Å². The van der Waals surface area contributed by atoms with Crippen molar-refractivity contribution in [2.75, 3.05) is 11.9 Å². The van der Waals surface area contributed by atoms with Crippen LogP contribution in [0.25, 0.3) is 0 Å². The molecule has 0 aliphatic rings. The maximum absolute atomic E-state index is 8.12. The molecule has 1 aromatic heterocycles. The van der Waals surface area contributed by atoms with Gasteiger partial charge < -0.3 is 5.32 Å². The number of H-pyrrole nitrogens is 1. The first kappa shape index (κ1) is 12.4. The van der Waals surface area contributed by atoms with E-state index in [9.17, 15) is 0 Å². The van der Waals surface area contributed by atoms with Gasteiger partial charge in [-0.3, -0.25) is 5.10 Å². The molecule has 0 unspecified atom stereocenters. The molecule has 1 aromatic rings. The van der Waals surface area contributed by atoms with Crippen molar-refractivity contribution in [1.82, 2.24) is 10.2 Å². The zero-order chi connectivity index (χ0) is 11.0. The fourth-order valence-electron chi connectivity index (χ4n) is 0.715. The van der Waals surface area contributed by atoms with Crippen molar-refractivity contribution in [2.24, 2.45) is 5.41 Å². The van der Waals surface area contributed by atoms with Gasteiger partial charge in [0.05, 0.1) is 6.20 Å². The normalized spacial score (nSPS) is 9.64. The lowest BCUT2D eigenvalue weighted by Gasteiger charge is -2.18. The van der Waals surface area contributed by atoms with Gasteiger partial charge in [0, 0.05) is 6.54 Å². The summed E-state index contributed by atoms with van der Waals surface area (Å²) in [4.78, 5) is 16.2. The molecule has 0 spiro atoms. The number of anilines is 1. The van der Waals surface area contributed by atoms with Crippen molar-refractivity contribution >= 4 is 12.0 Å². The van der Waals surface area contributed by atoms with E-state index in [1.54, 1.807) is 6.20 Å². The van der Waals surface area contributed by atoms with Crippen LogP contribution in [0.4, 0.5) is 5.82 Å². The summed E-state index contributed by atoms with van der Waals surface area (Å²) in [5, 5.41) is 9.93. The summed E-state index contributed by atoms with van der Waals surface area (Å²) in [6.45, 7) is 7.53. The van der Waals surface area contributed by atoms with Gasteiger partial charge in [0.15, 0.2) is 0 Å². The largest absolute Gasteiger partial charge is 0.373 e. The average molecular weight is 197 g/mol. The minimum atomic E-state index is 0.250. The average Bonchev–Trinajstić information content (AvgIpc) is 2.52. The predicted molar refractivity (Wildman–Crippen MR) is 51.5 cm³/mol. The minimum absolute atomic E-state index is 0.250. The van der Waals surface area contributed by atoms with Gasteiger partial charge in [-0.05, 0) is 11.5 Å². The summed E-state index contributed by atoms with van der Waals surface area (Å²) in [5.41, 5.74) is 0.311. The third-order valence-corrected chi connectivity index (χ3v) is 1.31. The zero-order valence-electron chi connectivity index (χ0n) is 8.63. The highest BCUT2D eigenvalue weighted by molar-refractivity contribution is 5.31. The summed E-state index contributed by atoms with van der Waals surface area (Å²) in [7, 11) is 0. The molecule has 5 nitrogen and oxygen atoms in total. The van der Waals surface area contributed by atoms with Crippen LogP contribution in [0.15, 0.2) is 12.3 Å². The van der Waals surface area contributed by atoms with Crippen LogP contribution in [-0.4, -0.2) is 22.9 Å². The fraction of sp³-hybridized carbons (Fsp3) is 0.556. The van der Waals surface area contributed by atoms with E-state index in [0.29, 0.717) is 5.41 Å². The number of aromatic amines is 1. The second kappa shape index (κ2) is 5.94. The molecule has 1 heterocycles. The van der Waals surface area contributed by atoms with E-state index in [0.717, 1.165) is 12.4 Å². The molecular formula is C9H15N3O2. The number of aromatic nitrogens is 2. The lowest BCUT2D eigenvalue weighted by Crippen LogP contribution is -2.19. The number of carbonyl (C=O) groups excluding carboxylic acids is 2. The second-order valence-electron chi connectivity index (χ2n) is 3.97. The molecule has 2 N–H and O–H groups in total. The minimum Gasteiger partial charge on any atom is -0.370 e. The topological polar surface area (TPSA) is 74.8 Å². The Labute approximate surface area is 82.9 Å². The van der Waals surface area contributed by atoms with Crippen LogP contribution in [0.5, 0.6) is 0 Å². The summed E-state index contributed by atoms with van der Waals surface area (Å²) in [6, 6.07) is 1.92. The highest BCUT2D eigenvalue weighted by Gasteiger charge is 2.08. The lowest BCUT2D eigenvalue weighted by molar-refractivity contribution is -0.191. The molecule has 0 saturated heterocycles. The van der Waals surface area contributed by atoms with E-state index in [-0.39, 0.29) is 6.15 Å². The number of nitrogens with one attached hydrogen (secondary N) is 2. The van der Waals surface area contributed by atoms with Gasteiger partial charge in [-0.25, -0.2) is 0 Å². The Balaban J connectivity index is 0.000000500. The number of hydrogen-bond acceptors (Lipinski definition) is 4. The maximum atomic E-state index is 8.12. The van der Waals surface area contributed by atoms with Gasteiger partial charge in [0.25, 0.3) is 0 Å². The quantitative estimate of drug-likeness (QED) is 0.749. The van der Waals surface area contributed by atoms with Gasteiger partial charge in [-0.1, -0.05) is 20.8 Å². The lowest BCUT2D eigenvalue weighted by atomic mass is 9.97. The highest BCUT2D eigenvalue weighted by Crippen LogP contribution is 2.13. The van der Waals surface area contributed by atoms with E-state index in [1.165, 1.54) is 0 Å². The van der Waals surface area contributed by atoms with Crippen molar-refractivity contribution in [2.45, 2.75) is 20.8 Å². The third kappa shape index (κ3) is 7.06. The van der Waals surface area contributed by atoms with Crippen LogP contribution in [0.3, 0.4) is 0 Å². The molecule has 0 aromatic carbocycles. The van der Waals surface area contributed by atoms with Crippen LogP contribution in [-0.2, 0) is 9.59 Å². The number of rotatable bonds is 2. The fourth-order valence-corrected chi connectivity index (χ4v) is 0.715. The second-order valence-corrected chi connectivity index (χ2v) is 3.97. The van der Waals surface area contributed by atoms with E-state index < -0.39 is 0 Å². The van der Waals surface area contributed by atoms with Crippen molar-refractivity contribution in [3.8, 4) is 0 Å². The molecule has 78 valence electrons. The summed E-state index contributed by atoms with van der Waals surface area (Å²) >= 11 is 0. The van der Waals surface area contributed by atoms with Gasteiger partial charge in [0.2, 0.25) is 0 Å². The molecule has 0 aliphatic carbocycles. The Kier molecular flexibility index (Phi) is 5.26. The first-order valence-corrected chi connectivity index (χ1v) is 4.22. The summed E-state index contributed by atoms with van der Waals surface area (Å²) in [6.07, 6.45) is 1.99. The first-order valence-electron chi connectivity index (χ1n) is 4.22. The molecule has 5 heteroatoms. The molecule has 0 bridgehead atoms. The zero-order valence-corrected chi connectivity index (χ0v) is 8.63. The van der Waals surface area contributed by atoms with Crippen molar-refractivity contribution in [3.63, 3.8) is 0 Å². The predicted octanol–water partition coefficient (Wildman–Crippen LogP) is 1.28. The number of nitrogens with zero attached hydrogens (tertiary/aromatic N) is 1. The monoisotopic (exact) mass is 197 g/mol. The maximum Gasteiger partial charge on any atom is 0.373 e. The standard InChI is InChI=1S/C8H15N3.CO2/c1-8(2,3)6-9-7-4-5-10-11-7;2-1-3/h4-5H,6H2,1-3H3,(H2,9,10,11);. The summed E-state index contributed by atoms with van der Waals surface area (Å²) in [5.74, 6) is 0.986. The molecule has 0 aliphatic heterocycles. The molecule has 0 atom stereocenters. The van der Waals surface area contributed by atoms with E-state index in [1.807, 2.05) is 6.07 Å². The Bertz CT molecular complexity index is 269. The van der Waals surface area contributed by atoms with Crippen LogP contribution in [0.2, 0.25) is 0 Å².